The fourth-order valence-electron chi connectivity index (χ4n) is 1.18. The minimum Gasteiger partial charge on any atom is -0.330 e. The Balaban J connectivity index is 3.76. The summed E-state index contributed by atoms with van der Waals surface area (Å²) in [5.41, 5.74) is 11.3. The van der Waals surface area contributed by atoms with E-state index in [1.807, 2.05) is 6.92 Å². The van der Waals surface area contributed by atoms with Crippen LogP contribution in [0.25, 0.3) is 0 Å². The molecule has 0 aliphatic rings. The van der Waals surface area contributed by atoms with Gasteiger partial charge in [0.05, 0.1) is 0 Å². The lowest BCUT2D eigenvalue weighted by Crippen LogP contribution is -2.33. The van der Waals surface area contributed by atoms with Crippen LogP contribution in [0.15, 0.2) is 0 Å². The highest BCUT2D eigenvalue weighted by atomic mass is 14.6. The third-order valence-corrected chi connectivity index (χ3v) is 2.40. The monoisotopic (exact) mass is 144 g/mol. The van der Waals surface area contributed by atoms with Gasteiger partial charge in [-0.3, -0.25) is 0 Å². The molecule has 0 amide bonds. The van der Waals surface area contributed by atoms with Crippen LogP contribution >= 0.6 is 0 Å². The molecule has 0 rings (SSSR count). The maximum absolute atomic E-state index is 5.73. The van der Waals surface area contributed by atoms with Gasteiger partial charge in [0.2, 0.25) is 0 Å². The van der Waals surface area contributed by atoms with Gasteiger partial charge in [-0.15, -0.1) is 0 Å². The highest BCUT2D eigenvalue weighted by Crippen LogP contribution is 2.16. The van der Waals surface area contributed by atoms with E-state index in [4.69, 9.17) is 11.5 Å². The first kappa shape index (κ1) is 9.92. The summed E-state index contributed by atoms with van der Waals surface area (Å²) in [7, 11) is 0. The van der Waals surface area contributed by atoms with Crippen LogP contribution in [0.4, 0.5) is 0 Å². The summed E-state index contributed by atoms with van der Waals surface area (Å²) in [5, 5.41) is 0. The Morgan fingerprint density at radius 1 is 1.30 bits per heavy atom. The van der Waals surface area contributed by atoms with Crippen LogP contribution in [0.2, 0.25) is 0 Å². The van der Waals surface area contributed by atoms with Crippen molar-refractivity contribution in [1.82, 2.24) is 0 Å². The second kappa shape index (κ2) is 4.69. The summed E-state index contributed by atoms with van der Waals surface area (Å²) in [6.07, 6.45) is 1.14. The molecule has 0 aromatic carbocycles. The van der Waals surface area contributed by atoms with Crippen LogP contribution in [-0.4, -0.2) is 12.6 Å². The summed E-state index contributed by atoms with van der Waals surface area (Å²) in [6, 6.07) is 0.272. The number of hydrogen-bond acceptors (Lipinski definition) is 2. The highest BCUT2D eigenvalue weighted by Gasteiger charge is 2.16. The van der Waals surface area contributed by atoms with Crippen molar-refractivity contribution in [3.63, 3.8) is 0 Å². The second-order valence-corrected chi connectivity index (χ2v) is 3.12. The summed E-state index contributed by atoms with van der Waals surface area (Å²) in [4.78, 5) is 0. The van der Waals surface area contributed by atoms with E-state index in [0.717, 1.165) is 13.0 Å². The molecule has 10 heavy (non-hydrogen) atoms. The van der Waals surface area contributed by atoms with Crippen molar-refractivity contribution in [3.8, 4) is 0 Å². The van der Waals surface area contributed by atoms with Gasteiger partial charge in [-0.2, -0.15) is 0 Å². The topological polar surface area (TPSA) is 52.0 Å². The first-order valence-electron chi connectivity index (χ1n) is 4.09. The van der Waals surface area contributed by atoms with Gasteiger partial charge >= 0.3 is 0 Å². The zero-order chi connectivity index (χ0) is 8.15. The minimum atomic E-state index is 0.272. The van der Waals surface area contributed by atoms with Crippen molar-refractivity contribution in [2.45, 2.75) is 33.2 Å². The zero-order valence-corrected chi connectivity index (χ0v) is 7.30. The van der Waals surface area contributed by atoms with E-state index in [-0.39, 0.29) is 6.04 Å². The molecule has 0 fully saturated rings. The number of nitrogens with two attached hydrogens (primary N) is 2. The fraction of sp³-hybridized carbons (Fsp3) is 1.00. The molecule has 62 valence electrons. The number of hydrogen-bond donors (Lipinski definition) is 2. The standard InChI is InChI=1S/C8H20N2/c1-4-8(5-9)6(2)7(3)10/h6-8H,4-5,9-10H2,1-3H3/t6?,7-,8?/m1/s1. The molecule has 2 heteroatoms. The van der Waals surface area contributed by atoms with Gasteiger partial charge in [0.15, 0.2) is 0 Å². The van der Waals surface area contributed by atoms with Gasteiger partial charge in [-0.05, 0) is 25.3 Å². The molecule has 0 spiro atoms. The highest BCUT2D eigenvalue weighted by molar-refractivity contribution is 4.72. The molecule has 0 saturated carbocycles. The Kier molecular flexibility index (Phi) is 4.65. The second-order valence-electron chi connectivity index (χ2n) is 3.12. The third-order valence-electron chi connectivity index (χ3n) is 2.40. The van der Waals surface area contributed by atoms with E-state index >= 15 is 0 Å². The minimum absolute atomic E-state index is 0.272. The van der Waals surface area contributed by atoms with Crippen molar-refractivity contribution >= 4 is 0 Å². The van der Waals surface area contributed by atoms with Gasteiger partial charge in [0.1, 0.15) is 0 Å². The summed E-state index contributed by atoms with van der Waals surface area (Å²) in [6.45, 7) is 7.14. The normalized spacial score (nSPS) is 20.1. The average molecular weight is 144 g/mol. The van der Waals surface area contributed by atoms with E-state index in [9.17, 15) is 0 Å². The Morgan fingerprint density at radius 3 is 1.90 bits per heavy atom. The van der Waals surface area contributed by atoms with Gasteiger partial charge in [-0.25, -0.2) is 0 Å². The Morgan fingerprint density at radius 2 is 1.80 bits per heavy atom. The molecule has 0 heterocycles. The molecule has 0 saturated heterocycles. The molecule has 0 radical (unpaired) electrons. The van der Waals surface area contributed by atoms with Crippen molar-refractivity contribution in [3.05, 3.63) is 0 Å². The molecular formula is C8H20N2. The maximum Gasteiger partial charge on any atom is 0.00392 e. The molecule has 2 unspecified atom stereocenters. The summed E-state index contributed by atoms with van der Waals surface area (Å²) >= 11 is 0. The van der Waals surface area contributed by atoms with E-state index in [2.05, 4.69) is 13.8 Å². The zero-order valence-electron chi connectivity index (χ0n) is 7.30. The summed E-state index contributed by atoms with van der Waals surface area (Å²) < 4.78 is 0. The van der Waals surface area contributed by atoms with E-state index in [0.29, 0.717) is 11.8 Å². The molecule has 2 nitrogen and oxygen atoms in total. The van der Waals surface area contributed by atoms with Crippen molar-refractivity contribution in [2.24, 2.45) is 23.3 Å². The van der Waals surface area contributed by atoms with Crippen LogP contribution in [0.3, 0.4) is 0 Å². The van der Waals surface area contributed by atoms with Gasteiger partial charge in [0.25, 0.3) is 0 Å². The van der Waals surface area contributed by atoms with Crippen LogP contribution in [0, 0.1) is 11.8 Å². The predicted molar refractivity (Wildman–Crippen MR) is 45.6 cm³/mol. The first-order valence-corrected chi connectivity index (χ1v) is 4.09. The lowest BCUT2D eigenvalue weighted by Gasteiger charge is -2.24. The van der Waals surface area contributed by atoms with Gasteiger partial charge in [-0.1, -0.05) is 20.3 Å². The fourth-order valence-corrected chi connectivity index (χ4v) is 1.18. The van der Waals surface area contributed by atoms with Crippen LogP contribution in [-0.2, 0) is 0 Å². The Labute approximate surface area is 64.0 Å². The van der Waals surface area contributed by atoms with Gasteiger partial charge in [0, 0.05) is 6.04 Å². The van der Waals surface area contributed by atoms with Crippen LogP contribution < -0.4 is 11.5 Å². The van der Waals surface area contributed by atoms with E-state index < -0.39 is 0 Å². The number of rotatable bonds is 4. The molecule has 0 aliphatic carbocycles. The molecule has 4 N–H and O–H groups in total. The van der Waals surface area contributed by atoms with Crippen molar-refractivity contribution in [1.29, 1.82) is 0 Å². The quantitative estimate of drug-likeness (QED) is 0.617. The van der Waals surface area contributed by atoms with Crippen LogP contribution in [0.1, 0.15) is 27.2 Å². The lowest BCUT2D eigenvalue weighted by molar-refractivity contribution is 0.313. The Hall–Kier alpha value is -0.0800. The van der Waals surface area contributed by atoms with Gasteiger partial charge < -0.3 is 11.5 Å². The lowest BCUT2D eigenvalue weighted by atomic mass is 9.87. The van der Waals surface area contributed by atoms with Crippen molar-refractivity contribution < 1.29 is 0 Å². The van der Waals surface area contributed by atoms with E-state index in [1.165, 1.54) is 0 Å². The average Bonchev–Trinajstić information content (AvgIpc) is 1.90. The molecule has 0 aliphatic heterocycles. The SMILES string of the molecule is CCC(CN)C(C)[C@@H](C)N. The molecule has 0 aromatic heterocycles. The first-order chi connectivity index (χ1) is 4.63. The smallest absolute Gasteiger partial charge is 0.00392 e. The van der Waals surface area contributed by atoms with E-state index in [1.54, 1.807) is 0 Å². The van der Waals surface area contributed by atoms with Crippen LogP contribution in [0.5, 0.6) is 0 Å². The molecule has 0 bridgehead atoms. The largest absolute Gasteiger partial charge is 0.330 e. The Bertz CT molecular complexity index is 77.3. The molecular weight excluding hydrogens is 124 g/mol. The summed E-state index contributed by atoms with van der Waals surface area (Å²) in [5.74, 6) is 1.15. The molecule has 3 atom stereocenters. The van der Waals surface area contributed by atoms with Crippen molar-refractivity contribution in [2.75, 3.05) is 6.54 Å². The predicted octanol–water partition coefficient (Wildman–Crippen LogP) is 0.955. The molecule has 0 aromatic rings. The third kappa shape index (κ3) is 2.67. The maximum atomic E-state index is 5.73.